The molecular weight excluding hydrogens is 183 g/mol. The van der Waals surface area contributed by atoms with E-state index in [1.54, 1.807) is 0 Å². The van der Waals surface area contributed by atoms with E-state index in [1.165, 1.54) is 0 Å². The highest BCUT2D eigenvalue weighted by molar-refractivity contribution is 4.95. The van der Waals surface area contributed by atoms with Gasteiger partial charge in [0.2, 0.25) is 0 Å². The first-order valence-corrected chi connectivity index (χ1v) is 4.38. The fourth-order valence-electron chi connectivity index (χ4n) is 1.53. The summed E-state index contributed by atoms with van der Waals surface area (Å²) in [4.78, 5) is 0. The summed E-state index contributed by atoms with van der Waals surface area (Å²) in [6.07, 6.45) is -2.55. The van der Waals surface area contributed by atoms with Gasteiger partial charge in [0.25, 0.3) is 0 Å². The molecule has 0 aromatic carbocycles. The molecule has 2 N–H and O–H groups in total. The van der Waals surface area contributed by atoms with Crippen molar-refractivity contribution in [3.63, 3.8) is 0 Å². The highest BCUT2D eigenvalue weighted by atomic mass is 19.4. The minimum absolute atomic E-state index is 0.381. The van der Waals surface area contributed by atoms with Gasteiger partial charge in [0.15, 0.2) is 5.60 Å². The third-order valence-electron chi connectivity index (χ3n) is 2.56. The van der Waals surface area contributed by atoms with E-state index in [0.717, 1.165) is 19.8 Å². The molecule has 0 bridgehead atoms. The van der Waals surface area contributed by atoms with Gasteiger partial charge in [-0.2, -0.15) is 13.2 Å². The quantitative estimate of drug-likeness (QED) is 0.666. The summed E-state index contributed by atoms with van der Waals surface area (Å²) >= 11 is 0. The molecule has 0 amide bonds. The molecule has 0 aromatic heterocycles. The summed E-state index contributed by atoms with van der Waals surface area (Å²) in [5, 5.41) is 12.0. The van der Waals surface area contributed by atoms with Crippen LogP contribution in [-0.2, 0) is 0 Å². The standard InChI is InChI=1S/C8H14F3NO/c1-7(13,8(9,10)11)6-4-2-3-5-12-6/h6,12-13H,2-5H2,1H3/t6-,7+/m1/s1. The molecule has 1 aliphatic heterocycles. The van der Waals surface area contributed by atoms with E-state index in [4.69, 9.17) is 0 Å². The molecule has 0 unspecified atom stereocenters. The number of aliphatic hydroxyl groups is 1. The highest BCUT2D eigenvalue weighted by Gasteiger charge is 2.54. The van der Waals surface area contributed by atoms with Crippen LogP contribution in [-0.4, -0.2) is 29.5 Å². The molecule has 13 heavy (non-hydrogen) atoms. The molecule has 1 heterocycles. The fraction of sp³-hybridized carbons (Fsp3) is 1.00. The Morgan fingerprint density at radius 1 is 1.31 bits per heavy atom. The molecule has 0 aliphatic carbocycles. The van der Waals surface area contributed by atoms with Crippen LogP contribution in [0.5, 0.6) is 0 Å². The first kappa shape index (κ1) is 10.8. The van der Waals surface area contributed by atoms with E-state index in [0.29, 0.717) is 13.0 Å². The summed E-state index contributed by atoms with van der Waals surface area (Å²) in [6, 6.07) is -0.860. The van der Waals surface area contributed by atoms with Crippen LogP contribution in [0, 0.1) is 0 Å². The summed E-state index contributed by atoms with van der Waals surface area (Å²) in [7, 11) is 0. The monoisotopic (exact) mass is 197 g/mol. The van der Waals surface area contributed by atoms with Crippen molar-refractivity contribution in [2.24, 2.45) is 0 Å². The molecule has 0 aromatic rings. The van der Waals surface area contributed by atoms with Gasteiger partial charge < -0.3 is 10.4 Å². The molecule has 1 saturated heterocycles. The zero-order valence-corrected chi connectivity index (χ0v) is 7.49. The maximum absolute atomic E-state index is 12.3. The molecular formula is C8H14F3NO. The second kappa shape index (κ2) is 3.46. The molecule has 78 valence electrons. The van der Waals surface area contributed by atoms with Gasteiger partial charge in [-0.25, -0.2) is 0 Å². The molecule has 2 nitrogen and oxygen atoms in total. The Balaban J connectivity index is 2.67. The molecule has 0 spiro atoms. The lowest BCUT2D eigenvalue weighted by atomic mass is 9.89. The average Bonchev–Trinajstić information content (AvgIpc) is 2.04. The maximum Gasteiger partial charge on any atom is 0.418 e. The van der Waals surface area contributed by atoms with Crippen molar-refractivity contribution in [1.29, 1.82) is 0 Å². The van der Waals surface area contributed by atoms with Crippen LogP contribution < -0.4 is 5.32 Å². The van der Waals surface area contributed by atoms with Crippen LogP contribution in [0.1, 0.15) is 26.2 Å². The summed E-state index contributed by atoms with van der Waals surface area (Å²) in [5.41, 5.74) is -2.60. The van der Waals surface area contributed by atoms with Gasteiger partial charge in [0.05, 0.1) is 0 Å². The third kappa shape index (κ3) is 2.14. The van der Waals surface area contributed by atoms with Crippen LogP contribution >= 0.6 is 0 Å². The number of rotatable bonds is 1. The lowest BCUT2D eigenvalue weighted by Gasteiger charge is -2.37. The molecule has 0 radical (unpaired) electrons. The van der Waals surface area contributed by atoms with Gasteiger partial charge in [-0.15, -0.1) is 0 Å². The van der Waals surface area contributed by atoms with Crippen molar-refractivity contribution in [3.05, 3.63) is 0 Å². The smallest absolute Gasteiger partial charge is 0.379 e. The Bertz CT molecular complexity index is 173. The van der Waals surface area contributed by atoms with E-state index in [-0.39, 0.29) is 0 Å². The van der Waals surface area contributed by atoms with Crippen LogP contribution in [0.3, 0.4) is 0 Å². The number of halogens is 3. The molecule has 1 rings (SSSR count). The van der Waals surface area contributed by atoms with Crippen molar-refractivity contribution in [2.75, 3.05) is 6.54 Å². The van der Waals surface area contributed by atoms with Gasteiger partial charge in [0, 0.05) is 6.04 Å². The second-order valence-electron chi connectivity index (χ2n) is 3.65. The Hall–Kier alpha value is -0.290. The molecule has 1 fully saturated rings. The van der Waals surface area contributed by atoms with Crippen molar-refractivity contribution in [1.82, 2.24) is 5.32 Å². The van der Waals surface area contributed by atoms with Crippen LogP contribution in [0.2, 0.25) is 0 Å². The van der Waals surface area contributed by atoms with Gasteiger partial charge in [-0.1, -0.05) is 6.42 Å². The zero-order valence-electron chi connectivity index (χ0n) is 7.49. The fourth-order valence-corrected chi connectivity index (χ4v) is 1.53. The lowest BCUT2D eigenvalue weighted by Crippen LogP contribution is -2.59. The third-order valence-corrected chi connectivity index (χ3v) is 2.56. The molecule has 0 saturated carbocycles. The minimum Gasteiger partial charge on any atom is -0.379 e. The van der Waals surface area contributed by atoms with E-state index in [2.05, 4.69) is 5.32 Å². The van der Waals surface area contributed by atoms with E-state index < -0.39 is 17.8 Å². The van der Waals surface area contributed by atoms with Gasteiger partial charge in [0.1, 0.15) is 0 Å². The summed E-state index contributed by atoms with van der Waals surface area (Å²) < 4.78 is 37.0. The SMILES string of the molecule is C[C@](O)([C@H]1CCCCN1)C(F)(F)F. The van der Waals surface area contributed by atoms with Gasteiger partial charge >= 0.3 is 6.18 Å². The second-order valence-corrected chi connectivity index (χ2v) is 3.65. The predicted molar refractivity (Wildman–Crippen MR) is 42.3 cm³/mol. The number of hydrogen-bond acceptors (Lipinski definition) is 2. The van der Waals surface area contributed by atoms with Gasteiger partial charge in [-0.3, -0.25) is 0 Å². The van der Waals surface area contributed by atoms with Crippen molar-refractivity contribution in [3.8, 4) is 0 Å². The van der Waals surface area contributed by atoms with E-state index in [1.807, 2.05) is 0 Å². The highest BCUT2D eigenvalue weighted by Crippen LogP contribution is 2.35. The molecule has 1 aliphatic rings. The first-order valence-electron chi connectivity index (χ1n) is 4.38. The van der Waals surface area contributed by atoms with E-state index >= 15 is 0 Å². The minimum atomic E-state index is -4.55. The van der Waals surface area contributed by atoms with Crippen LogP contribution in [0.4, 0.5) is 13.2 Å². The topological polar surface area (TPSA) is 32.3 Å². The Morgan fingerprint density at radius 2 is 1.92 bits per heavy atom. The van der Waals surface area contributed by atoms with Crippen molar-refractivity contribution < 1.29 is 18.3 Å². The Labute approximate surface area is 75.1 Å². The maximum atomic E-state index is 12.3. The zero-order chi connectivity index (χ0) is 10.1. The number of hydrogen-bond donors (Lipinski definition) is 2. The summed E-state index contributed by atoms with van der Waals surface area (Å²) in [5.74, 6) is 0. The predicted octanol–water partition coefficient (Wildman–Crippen LogP) is 1.44. The largest absolute Gasteiger partial charge is 0.418 e. The average molecular weight is 197 g/mol. The van der Waals surface area contributed by atoms with Gasteiger partial charge in [-0.05, 0) is 26.3 Å². The van der Waals surface area contributed by atoms with Crippen molar-refractivity contribution >= 4 is 0 Å². The van der Waals surface area contributed by atoms with Crippen LogP contribution in [0.15, 0.2) is 0 Å². The molecule has 2 atom stereocenters. The van der Waals surface area contributed by atoms with E-state index in [9.17, 15) is 18.3 Å². The first-order chi connectivity index (χ1) is 5.86. The van der Waals surface area contributed by atoms with Crippen LogP contribution in [0.25, 0.3) is 0 Å². The Morgan fingerprint density at radius 3 is 2.31 bits per heavy atom. The lowest BCUT2D eigenvalue weighted by molar-refractivity contribution is -0.264. The summed E-state index contributed by atoms with van der Waals surface area (Å²) in [6.45, 7) is 1.38. The Kier molecular flexibility index (Phi) is 2.87. The van der Waals surface area contributed by atoms with Crippen molar-refractivity contribution in [2.45, 2.75) is 44.0 Å². The molecule has 5 heteroatoms. The number of alkyl halides is 3. The number of nitrogens with one attached hydrogen (secondary N) is 1. The normalized spacial score (nSPS) is 29.8. The number of piperidine rings is 1.